The molecule has 0 fully saturated rings. The molecule has 0 radical (unpaired) electrons. The van der Waals surface area contributed by atoms with E-state index in [1.54, 1.807) is 0 Å². The first-order valence-corrected chi connectivity index (χ1v) is 7.42. The predicted octanol–water partition coefficient (Wildman–Crippen LogP) is 3.79. The average molecular weight is 294 g/mol. The molecule has 0 saturated heterocycles. The summed E-state index contributed by atoms with van der Waals surface area (Å²) in [5.74, 6) is -0.179. The van der Waals surface area contributed by atoms with Crippen LogP contribution in [-0.4, -0.2) is 18.1 Å². The van der Waals surface area contributed by atoms with Crippen LogP contribution in [0.3, 0.4) is 0 Å². The maximum absolute atomic E-state index is 12.0. The first-order valence-electron chi connectivity index (χ1n) is 6.60. The molecule has 4 heteroatoms. The van der Waals surface area contributed by atoms with Gasteiger partial charge in [-0.3, -0.25) is 4.79 Å². The summed E-state index contributed by atoms with van der Waals surface area (Å²) in [5.41, 5.74) is 2.02. The number of carbonyl (C=O) groups is 1. The van der Waals surface area contributed by atoms with E-state index in [9.17, 15) is 4.79 Å². The molecular weight excluding hydrogens is 280 g/mol. The van der Waals surface area contributed by atoms with Gasteiger partial charge < -0.3 is 4.90 Å². The van der Waals surface area contributed by atoms with E-state index in [0.717, 1.165) is 11.3 Å². The lowest BCUT2D eigenvalue weighted by molar-refractivity contribution is -0.113. The average Bonchev–Trinajstić information content (AvgIpc) is 2.89. The molecule has 1 amide bonds. The number of anilines is 1. The molecule has 0 atom stereocenters. The van der Waals surface area contributed by atoms with E-state index in [1.807, 2.05) is 78.7 Å². The van der Waals surface area contributed by atoms with Gasteiger partial charge in [-0.25, -0.2) is 0 Å². The van der Waals surface area contributed by atoms with Crippen LogP contribution in [0.2, 0.25) is 0 Å². The highest BCUT2D eigenvalue weighted by Gasteiger charge is 2.24. The lowest BCUT2D eigenvalue weighted by atomic mass is 10.2. The van der Waals surface area contributed by atoms with Gasteiger partial charge in [0, 0.05) is 12.7 Å². The van der Waals surface area contributed by atoms with Gasteiger partial charge in [-0.1, -0.05) is 48.5 Å². The molecule has 3 nitrogen and oxygen atoms in total. The number of thioether (sulfide) groups is 1. The molecule has 1 heterocycles. The molecule has 0 spiro atoms. The van der Waals surface area contributed by atoms with E-state index in [2.05, 4.69) is 4.99 Å². The molecule has 0 aliphatic carbocycles. The number of carbonyl (C=O) groups excluding carboxylic acids is 1. The Morgan fingerprint density at radius 1 is 1.00 bits per heavy atom. The summed E-state index contributed by atoms with van der Waals surface area (Å²) in [5, 5.41) is 0.702. The Bertz CT molecular complexity index is 708. The van der Waals surface area contributed by atoms with Gasteiger partial charge in [-0.2, -0.15) is 4.99 Å². The fraction of sp³-hybridized carbons (Fsp3) is 0.0588. The van der Waals surface area contributed by atoms with Crippen molar-refractivity contribution in [3.8, 4) is 0 Å². The van der Waals surface area contributed by atoms with Gasteiger partial charge in [0.25, 0.3) is 5.91 Å². The van der Waals surface area contributed by atoms with Crippen molar-refractivity contribution in [2.75, 3.05) is 11.9 Å². The van der Waals surface area contributed by atoms with Crippen LogP contribution < -0.4 is 4.90 Å². The van der Waals surface area contributed by atoms with E-state index >= 15 is 0 Å². The van der Waals surface area contributed by atoms with Crippen LogP contribution in [0.1, 0.15) is 5.56 Å². The molecule has 0 aromatic heterocycles. The Morgan fingerprint density at radius 3 is 2.29 bits per heavy atom. The van der Waals surface area contributed by atoms with Crippen molar-refractivity contribution in [1.82, 2.24) is 0 Å². The highest BCUT2D eigenvalue weighted by Crippen LogP contribution is 2.31. The van der Waals surface area contributed by atoms with Crippen molar-refractivity contribution in [3.05, 3.63) is 71.1 Å². The Morgan fingerprint density at radius 2 is 1.62 bits per heavy atom. The minimum absolute atomic E-state index is 0.179. The van der Waals surface area contributed by atoms with Gasteiger partial charge in [0.2, 0.25) is 0 Å². The summed E-state index contributed by atoms with van der Waals surface area (Å²) < 4.78 is 0. The van der Waals surface area contributed by atoms with Crippen molar-refractivity contribution in [3.63, 3.8) is 0 Å². The molecule has 1 aliphatic heterocycles. The van der Waals surface area contributed by atoms with E-state index in [4.69, 9.17) is 0 Å². The van der Waals surface area contributed by atoms with Crippen molar-refractivity contribution in [2.45, 2.75) is 0 Å². The quantitative estimate of drug-likeness (QED) is 0.790. The van der Waals surface area contributed by atoms with Crippen molar-refractivity contribution in [2.24, 2.45) is 4.99 Å². The van der Waals surface area contributed by atoms with Crippen molar-refractivity contribution >= 4 is 34.6 Å². The normalized spacial score (nSPS) is 16.1. The third-order valence-corrected chi connectivity index (χ3v) is 4.20. The number of amides is 1. The smallest absolute Gasteiger partial charge is 0.286 e. The van der Waals surface area contributed by atoms with Crippen LogP contribution in [0.15, 0.2) is 70.6 Å². The van der Waals surface area contributed by atoms with Crippen LogP contribution >= 0.6 is 11.8 Å². The number of hydrogen-bond donors (Lipinski definition) is 0. The second-order valence-corrected chi connectivity index (χ2v) is 5.62. The molecule has 0 saturated carbocycles. The third-order valence-electron chi connectivity index (χ3n) is 3.14. The SMILES string of the molecule is CN(C1=NC(=O)/C(=C/c2ccccc2)S1)c1ccccc1. The summed E-state index contributed by atoms with van der Waals surface area (Å²) >= 11 is 1.40. The van der Waals surface area contributed by atoms with Gasteiger partial charge in [-0.05, 0) is 35.5 Å². The fourth-order valence-corrected chi connectivity index (χ4v) is 2.90. The molecular formula is C17H14N2OS. The minimum Gasteiger partial charge on any atom is -0.324 e. The summed E-state index contributed by atoms with van der Waals surface area (Å²) in [4.78, 5) is 18.7. The zero-order valence-electron chi connectivity index (χ0n) is 11.6. The molecule has 2 aromatic carbocycles. The van der Waals surface area contributed by atoms with E-state index < -0.39 is 0 Å². The molecule has 3 rings (SSSR count). The second kappa shape index (κ2) is 5.97. The van der Waals surface area contributed by atoms with Crippen LogP contribution in [-0.2, 0) is 4.79 Å². The molecule has 1 aliphatic rings. The van der Waals surface area contributed by atoms with Gasteiger partial charge in [0.1, 0.15) is 0 Å². The monoisotopic (exact) mass is 294 g/mol. The summed E-state index contributed by atoms with van der Waals surface area (Å²) in [7, 11) is 1.92. The van der Waals surface area contributed by atoms with E-state index in [-0.39, 0.29) is 5.91 Å². The fourth-order valence-electron chi connectivity index (χ4n) is 2.00. The van der Waals surface area contributed by atoms with Crippen molar-refractivity contribution in [1.29, 1.82) is 0 Å². The Kier molecular flexibility index (Phi) is 3.88. The molecule has 0 bridgehead atoms. The first kappa shape index (κ1) is 13.6. The Hall–Kier alpha value is -2.33. The van der Waals surface area contributed by atoms with Crippen molar-refractivity contribution < 1.29 is 4.79 Å². The molecule has 0 N–H and O–H groups in total. The third kappa shape index (κ3) is 3.06. The molecule has 0 unspecified atom stereocenters. The van der Waals surface area contributed by atoms with Gasteiger partial charge in [0.05, 0.1) is 4.91 Å². The highest BCUT2D eigenvalue weighted by atomic mass is 32.2. The topological polar surface area (TPSA) is 32.7 Å². The zero-order valence-corrected chi connectivity index (χ0v) is 12.4. The lowest BCUT2D eigenvalue weighted by Crippen LogP contribution is -2.21. The molecule has 104 valence electrons. The standard InChI is InChI=1S/C17H14N2OS/c1-19(14-10-6-3-7-11-14)17-18-16(20)15(21-17)12-13-8-4-2-5-9-13/h2-12H,1H3/b15-12-. The number of nitrogens with zero attached hydrogens (tertiary/aromatic N) is 2. The molecule has 2 aromatic rings. The first-order chi connectivity index (χ1) is 10.2. The van der Waals surface area contributed by atoms with Gasteiger partial charge in [0.15, 0.2) is 5.17 Å². The maximum Gasteiger partial charge on any atom is 0.286 e. The van der Waals surface area contributed by atoms with Crippen LogP contribution in [0.25, 0.3) is 6.08 Å². The molecule has 21 heavy (non-hydrogen) atoms. The number of amidine groups is 1. The number of benzene rings is 2. The number of aliphatic imine (C=N–C) groups is 1. The van der Waals surface area contributed by atoms with Gasteiger partial charge >= 0.3 is 0 Å². The minimum atomic E-state index is -0.179. The Balaban J connectivity index is 1.81. The van der Waals surface area contributed by atoms with E-state index in [0.29, 0.717) is 10.1 Å². The largest absolute Gasteiger partial charge is 0.324 e. The predicted molar refractivity (Wildman–Crippen MR) is 89.3 cm³/mol. The summed E-state index contributed by atoms with van der Waals surface area (Å²) in [6, 6.07) is 19.7. The highest BCUT2D eigenvalue weighted by molar-refractivity contribution is 8.18. The van der Waals surface area contributed by atoms with E-state index in [1.165, 1.54) is 11.8 Å². The van der Waals surface area contributed by atoms with Crippen LogP contribution in [0.5, 0.6) is 0 Å². The van der Waals surface area contributed by atoms with Crippen LogP contribution in [0, 0.1) is 0 Å². The number of para-hydroxylation sites is 1. The van der Waals surface area contributed by atoms with Gasteiger partial charge in [-0.15, -0.1) is 0 Å². The summed E-state index contributed by atoms with van der Waals surface area (Å²) in [6.45, 7) is 0. The lowest BCUT2D eigenvalue weighted by Gasteiger charge is -2.17. The maximum atomic E-state index is 12.0. The number of hydrogen-bond acceptors (Lipinski definition) is 3. The Labute approximate surface area is 128 Å². The number of rotatable bonds is 2. The zero-order chi connectivity index (χ0) is 14.7. The van der Waals surface area contributed by atoms with Crippen LogP contribution in [0.4, 0.5) is 5.69 Å². The second-order valence-electron chi connectivity index (χ2n) is 4.62. The summed E-state index contributed by atoms with van der Waals surface area (Å²) in [6.07, 6.45) is 1.88.